The number of ether oxygens (including phenoxy) is 1. The summed E-state index contributed by atoms with van der Waals surface area (Å²) in [5.74, 6) is 1.11. The molecule has 2 aromatic rings. The van der Waals surface area contributed by atoms with Crippen LogP contribution in [0, 0.1) is 6.92 Å². The lowest BCUT2D eigenvalue weighted by molar-refractivity contribution is 0.0966. The Hall–Kier alpha value is -3.29. The first-order valence-electron chi connectivity index (χ1n) is 11.9. The molecule has 1 aromatic heterocycles. The monoisotopic (exact) mass is 451 g/mol. The molecule has 1 saturated carbocycles. The third kappa shape index (κ3) is 5.74. The van der Waals surface area contributed by atoms with E-state index in [1.54, 1.807) is 0 Å². The van der Waals surface area contributed by atoms with Crippen LogP contribution in [0.4, 0.5) is 22.1 Å². The van der Waals surface area contributed by atoms with Gasteiger partial charge in [0.25, 0.3) is 5.91 Å². The van der Waals surface area contributed by atoms with E-state index in [4.69, 9.17) is 9.72 Å². The predicted octanol–water partition coefficient (Wildman–Crippen LogP) is 4.63. The van der Waals surface area contributed by atoms with Gasteiger partial charge in [-0.05, 0) is 55.5 Å². The number of unbranched alkanes of at least 4 members (excludes halogenated alkanes) is 1. The van der Waals surface area contributed by atoms with Crippen LogP contribution in [0.15, 0.2) is 30.3 Å². The van der Waals surface area contributed by atoms with Gasteiger partial charge >= 0.3 is 6.09 Å². The predicted molar refractivity (Wildman–Crippen MR) is 129 cm³/mol. The van der Waals surface area contributed by atoms with Crippen molar-refractivity contribution in [1.82, 2.24) is 15.6 Å². The topological polar surface area (TPSA) is 104 Å². The summed E-state index contributed by atoms with van der Waals surface area (Å²) in [6.45, 7) is 5.01. The Balaban J connectivity index is 1.52. The number of fused-ring (bicyclic) bond motifs is 1. The van der Waals surface area contributed by atoms with Gasteiger partial charge in [-0.1, -0.05) is 38.3 Å². The van der Waals surface area contributed by atoms with Crippen LogP contribution < -0.4 is 21.3 Å². The molecule has 4 rings (SSSR count). The Bertz CT molecular complexity index is 1010. The molecule has 33 heavy (non-hydrogen) atoms. The van der Waals surface area contributed by atoms with Gasteiger partial charge in [-0.3, -0.25) is 4.79 Å². The average molecular weight is 452 g/mol. The minimum atomic E-state index is -0.360. The van der Waals surface area contributed by atoms with Crippen molar-refractivity contribution in [1.29, 1.82) is 0 Å². The lowest BCUT2D eigenvalue weighted by Gasteiger charge is -2.33. The minimum Gasteiger partial charge on any atom is -0.450 e. The number of pyridine rings is 1. The summed E-state index contributed by atoms with van der Waals surface area (Å²) in [6.07, 6.45) is 5.45. The van der Waals surface area contributed by atoms with E-state index in [0.29, 0.717) is 30.4 Å². The Morgan fingerprint density at radius 1 is 1.21 bits per heavy atom. The van der Waals surface area contributed by atoms with E-state index in [1.165, 1.54) is 0 Å². The molecule has 0 radical (unpaired) electrons. The lowest BCUT2D eigenvalue weighted by atomic mass is 9.90. The van der Waals surface area contributed by atoms with Gasteiger partial charge in [-0.25, -0.2) is 9.78 Å². The standard InChI is InChI=1S/C25H33N5O3/c1-3-4-12-33-25(32)29-20-11-6-5-10-19(20)28-21-14-17-15-26-24(31)22(17)23(30-21)27-18-9-7-8-16(2)13-18/h7-9,13-14,19-20H,3-6,10-12,15H2,1-2H3,(H,26,31)(H,29,32)(H2,27,28,30)/t19-,20+/m1/s1. The van der Waals surface area contributed by atoms with Crippen molar-refractivity contribution in [3.63, 3.8) is 0 Å². The highest BCUT2D eigenvalue weighted by atomic mass is 16.5. The number of hydrogen-bond acceptors (Lipinski definition) is 6. The van der Waals surface area contributed by atoms with E-state index in [-0.39, 0.29) is 24.1 Å². The second-order valence-corrected chi connectivity index (χ2v) is 8.84. The van der Waals surface area contributed by atoms with Gasteiger partial charge < -0.3 is 26.0 Å². The smallest absolute Gasteiger partial charge is 0.407 e. The Kier molecular flexibility index (Phi) is 7.32. The number of amides is 2. The molecule has 2 atom stereocenters. The summed E-state index contributed by atoms with van der Waals surface area (Å²) in [5, 5.41) is 12.8. The number of alkyl carbamates (subject to hydrolysis) is 1. The zero-order chi connectivity index (χ0) is 23.2. The Morgan fingerprint density at radius 2 is 2.03 bits per heavy atom. The van der Waals surface area contributed by atoms with Crippen LogP contribution in [0.1, 0.15) is 66.9 Å². The maximum absolute atomic E-state index is 12.5. The summed E-state index contributed by atoms with van der Waals surface area (Å²) in [4.78, 5) is 29.4. The highest BCUT2D eigenvalue weighted by molar-refractivity contribution is 6.03. The highest BCUT2D eigenvalue weighted by Gasteiger charge is 2.29. The summed E-state index contributed by atoms with van der Waals surface area (Å²) >= 11 is 0. The molecule has 4 N–H and O–H groups in total. The molecule has 2 amide bonds. The first kappa shape index (κ1) is 22.9. The first-order chi connectivity index (χ1) is 16.0. The van der Waals surface area contributed by atoms with Gasteiger partial charge in [0.1, 0.15) is 11.6 Å². The fourth-order valence-corrected chi connectivity index (χ4v) is 4.45. The molecule has 1 aromatic carbocycles. The molecule has 8 heteroatoms. The van der Waals surface area contributed by atoms with Crippen LogP contribution in [0.25, 0.3) is 0 Å². The van der Waals surface area contributed by atoms with Crippen LogP contribution in [0.2, 0.25) is 0 Å². The highest BCUT2D eigenvalue weighted by Crippen LogP contribution is 2.30. The number of anilines is 3. The van der Waals surface area contributed by atoms with Crippen molar-refractivity contribution in [2.45, 2.75) is 71.0 Å². The largest absolute Gasteiger partial charge is 0.450 e. The van der Waals surface area contributed by atoms with Crippen LogP contribution in [-0.2, 0) is 11.3 Å². The van der Waals surface area contributed by atoms with E-state index in [0.717, 1.165) is 55.3 Å². The van der Waals surface area contributed by atoms with E-state index >= 15 is 0 Å². The third-order valence-electron chi connectivity index (χ3n) is 6.18. The molecule has 0 unspecified atom stereocenters. The second kappa shape index (κ2) is 10.6. The molecule has 1 fully saturated rings. The van der Waals surface area contributed by atoms with Gasteiger partial charge in [0.15, 0.2) is 0 Å². The zero-order valence-corrected chi connectivity index (χ0v) is 19.4. The van der Waals surface area contributed by atoms with Crippen molar-refractivity contribution >= 4 is 29.3 Å². The average Bonchev–Trinajstić information content (AvgIpc) is 3.16. The van der Waals surface area contributed by atoms with Crippen molar-refractivity contribution in [3.8, 4) is 0 Å². The normalized spacial score (nSPS) is 19.4. The first-order valence-corrected chi connectivity index (χ1v) is 11.9. The van der Waals surface area contributed by atoms with Crippen molar-refractivity contribution in [2.75, 3.05) is 17.2 Å². The lowest BCUT2D eigenvalue weighted by Crippen LogP contribution is -2.48. The number of aromatic nitrogens is 1. The molecule has 8 nitrogen and oxygen atoms in total. The number of nitrogens with zero attached hydrogens (tertiary/aromatic N) is 1. The molecule has 0 bridgehead atoms. The molecule has 0 saturated heterocycles. The van der Waals surface area contributed by atoms with Crippen LogP contribution >= 0.6 is 0 Å². The number of carbonyl (C=O) groups excluding carboxylic acids is 2. The van der Waals surface area contributed by atoms with Crippen molar-refractivity contribution < 1.29 is 14.3 Å². The van der Waals surface area contributed by atoms with Gasteiger partial charge in [-0.15, -0.1) is 0 Å². The number of benzene rings is 1. The van der Waals surface area contributed by atoms with Crippen LogP contribution in [-0.4, -0.2) is 35.7 Å². The maximum atomic E-state index is 12.5. The quantitative estimate of drug-likeness (QED) is 0.437. The van der Waals surface area contributed by atoms with Crippen LogP contribution in [0.5, 0.6) is 0 Å². The van der Waals surface area contributed by atoms with E-state index in [9.17, 15) is 9.59 Å². The van der Waals surface area contributed by atoms with Crippen molar-refractivity contribution in [3.05, 3.63) is 47.0 Å². The Labute approximate surface area is 194 Å². The van der Waals surface area contributed by atoms with Crippen molar-refractivity contribution in [2.24, 2.45) is 0 Å². The summed E-state index contributed by atoms with van der Waals surface area (Å²) in [7, 11) is 0. The molecule has 2 aliphatic rings. The molecule has 2 heterocycles. The summed E-state index contributed by atoms with van der Waals surface area (Å²) in [6, 6.07) is 9.91. The molecule has 1 aliphatic heterocycles. The molecular formula is C25H33N5O3. The number of hydrogen-bond donors (Lipinski definition) is 4. The fraction of sp³-hybridized carbons (Fsp3) is 0.480. The zero-order valence-electron chi connectivity index (χ0n) is 19.4. The number of aryl methyl sites for hydroxylation is 1. The molecule has 1 aliphatic carbocycles. The molecule has 0 spiro atoms. The van der Waals surface area contributed by atoms with Gasteiger partial charge in [0.05, 0.1) is 18.2 Å². The third-order valence-corrected chi connectivity index (χ3v) is 6.18. The van der Waals surface area contributed by atoms with Gasteiger partial charge in [0.2, 0.25) is 0 Å². The second-order valence-electron chi connectivity index (χ2n) is 8.84. The summed E-state index contributed by atoms with van der Waals surface area (Å²) < 4.78 is 5.30. The summed E-state index contributed by atoms with van der Waals surface area (Å²) in [5.41, 5.74) is 3.50. The number of carbonyl (C=O) groups is 2. The number of rotatable bonds is 8. The Morgan fingerprint density at radius 3 is 2.82 bits per heavy atom. The van der Waals surface area contributed by atoms with Gasteiger partial charge in [0, 0.05) is 18.3 Å². The SMILES string of the molecule is CCCCOC(=O)N[C@H]1CCCC[C@H]1Nc1cc2c(c(Nc3cccc(C)c3)n1)C(=O)NC2. The maximum Gasteiger partial charge on any atom is 0.407 e. The fourth-order valence-electron chi connectivity index (χ4n) is 4.45. The van der Waals surface area contributed by atoms with E-state index < -0.39 is 0 Å². The number of nitrogens with one attached hydrogen (secondary N) is 4. The molecule has 176 valence electrons. The van der Waals surface area contributed by atoms with Gasteiger partial charge in [-0.2, -0.15) is 0 Å². The minimum absolute atomic E-state index is 0.0316. The molecular weight excluding hydrogens is 418 g/mol. The van der Waals surface area contributed by atoms with E-state index in [2.05, 4.69) is 28.2 Å². The van der Waals surface area contributed by atoms with Crippen LogP contribution in [0.3, 0.4) is 0 Å². The van der Waals surface area contributed by atoms with E-state index in [1.807, 2.05) is 37.3 Å².